The number of hydrogen-bond donors (Lipinski definition) is 1. The molecule has 0 fully saturated rings. The molecule has 2 amide bonds. The summed E-state index contributed by atoms with van der Waals surface area (Å²) in [6.07, 6.45) is 0.805. The Morgan fingerprint density at radius 3 is 2.33 bits per heavy atom. The van der Waals surface area contributed by atoms with Gasteiger partial charge in [-0.3, -0.25) is 9.59 Å². The quantitative estimate of drug-likeness (QED) is 0.605. The molecule has 162 valence electrons. The Hall–Kier alpha value is -2.53. The standard InChI is InChI=1S/C24H31ClN2O3/c1-17(2)15-26-24(29)18(3)27(16-19-9-12-21(30-4)13-10-19)23(28)14-11-20-7-5-6-8-22(20)25/h5-10,12-13,17-18H,11,14-16H2,1-4H3,(H,26,29)/t18-/m0/s1. The lowest BCUT2D eigenvalue weighted by atomic mass is 10.1. The van der Waals surface area contributed by atoms with Crippen LogP contribution >= 0.6 is 11.6 Å². The van der Waals surface area contributed by atoms with Gasteiger partial charge in [0.15, 0.2) is 0 Å². The van der Waals surface area contributed by atoms with Gasteiger partial charge in [-0.1, -0.05) is 55.8 Å². The number of hydrogen-bond acceptors (Lipinski definition) is 3. The number of nitrogens with one attached hydrogen (secondary N) is 1. The third-order valence-electron chi connectivity index (χ3n) is 4.93. The van der Waals surface area contributed by atoms with E-state index in [2.05, 4.69) is 5.32 Å². The van der Waals surface area contributed by atoms with Crippen molar-refractivity contribution < 1.29 is 14.3 Å². The van der Waals surface area contributed by atoms with E-state index in [1.54, 1.807) is 18.9 Å². The van der Waals surface area contributed by atoms with Crippen LogP contribution in [-0.4, -0.2) is 36.4 Å². The molecule has 0 spiro atoms. The van der Waals surface area contributed by atoms with Crippen molar-refractivity contribution >= 4 is 23.4 Å². The van der Waals surface area contributed by atoms with Crippen LogP contribution in [0.25, 0.3) is 0 Å². The maximum absolute atomic E-state index is 13.1. The fourth-order valence-corrected chi connectivity index (χ4v) is 3.28. The first-order valence-corrected chi connectivity index (χ1v) is 10.6. The summed E-state index contributed by atoms with van der Waals surface area (Å²) < 4.78 is 5.20. The number of benzene rings is 2. The number of ether oxygens (including phenoxy) is 1. The molecule has 0 aliphatic carbocycles. The molecule has 1 atom stereocenters. The number of methoxy groups -OCH3 is 1. The molecule has 2 rings (SSSR count). The third kappa shape index (κ3) is 7.06. The number of carbonyl (C=O) groups is 2. The Labute approximate surface area is 184 Å². The van der Waals surface area contributed by atoms with Gasteiger partial charge in [-0.15, -0.1) is 0 Å². The van der Waals surface area contributed by atoms with E-state index >= 15 is 0 Å². The zero-order valence-corrected chi connectivity index (χ0v) is 18.9. The van der Waals surface area contributed by atoms with Gasteiger partial charge >= 0.3 is 0 Å². The summed E-state index contributed by atoms with van der Waals surface area (Å²) in [7, 11) is 1.61. The van der Waals surface area contributed by atoms with Crippen LogP contribution in [0.4, 0.5) is 0 Å². The largest absolute Gasteiger partial charge is 0.497 e. The Balaban J connectivity index is 2.14. The van der Waals surface area contributed by atoms with Gasteiger partial charge in [-0.2, -0.15) is 0 Å². The van der Waals surface area contributed by atoms with Crippen molar-refractivity contribution in [2.45, 2.75) is 46.2 Å². The van der Waals surface area contributed by atoms with Gasteiger partial charge in [0.1, 0.15) is 11.8 Å². The first kappa shape index (κ1) is 23.7. The van der Waals surface area contributed by atoms with Crippen LogP contribution in [0, 0.1) is 5.92 Å². The van der Waals surface area contributed by atoms with Gasteiger partial charge in [-0.25, -0.2) is 0 Å². The average molecular weight is 431 g/mol. The van der Waals surface area contributed by atoms with E-state index in [1.165, 1.54) is 0 Å². The van der Waals surface area contributed by atoms with Crippen molar-refractivity contribution in [2.75, 3.05) is 13.7 Å². The number of aryl methyl sites for hydroxylation is 1. The molecule has 0 aliphatic heterocycles. The molecule has 30 heavy (non-hydrogen) atoms. The van der Waals surface area contributed by atoms with Crippen molar-refractivity contribution in [2.24, 2.45) is 5.92 Å². The van der Waals surface area contributed by atoms with Crippen LogP contribution < -0.4 is 10.1 Å². The van der Waals surface area contributed by atoms with E-state index < -0.39 is 6.04 Å². The van der Waals surface area contributed by atoms with E-state index in [9.17, 15) is 9.59 Å². The summed E-state index contributed by atoms with van der Waals surface area (Å²) in [5, 5.41) is 3.58. The maximum atomic E-state index is 13.1. The van der Waals surface area contributed by atoms with Crippen LogP contribution in [0.15, 0.2) is 48.5 Å². The lowest BCUT2D eigenvalue weighted by molar-refractivity contribution is -0.140. The fourth-order valence-electron chi connectivity index (χ4n) is 3.05. The van der Waals surface area contributed by atoms with E-state index in [0.717, 1.165) is 16.9 Å². The van der Waals surface area contributed by atoms with Gasteiger partial charge < -0.3 is 15.0 Å². The SMILES string of the molecule is COc1ccc(CN(C(=O)CCc2ccccc2Cl)[C@@H](C)C(=O)NCC(C)C)cc1. The summed E-state index contributed by atoms with van der Waals surface area (Å²) in [6.45, 7) is 6.77. The highest BCUT2D eigenvalue weighted by molar-refractivity contribution is 6.31. The highest BCUT2D eigenvalue weighted by Gasteiger charge is 2.26. The van der Waals surface area contributed by atoms with Crippen molar-refractivity contribution in [1.29, 1.82) is 0 Å². The van der Waals surface area contributed by atoms with Crippen LogP contribution in [0.5, 0.6) is 5.75 Å². The second-order valence-corrected chi connectivity index (χ2v) is 8.18. The van der Waals surface area contributed by atoms with Gasteiger partial charge in [-0.05, 0) is 48.6 Å². The van der Waals surface area contributed by atoms with E-state index in [-0.39, 0.29) is 18.2 Å². The normalized spacial score (nSPS) is 11.8. The van der Waals surface area contributed by atoms with Gasteiger partial charge in [0.25, 0.3) is 0 Å². The minimum Gasteiger partial charge on any atom is -0.497 e. The monoisotopic (exact) mass is 430 g/mol. The summed E-state index contributed by atoms with van der Waals surface area (Å²) in [4.78, 5) is 27.4. The van der Waals surface area contributed by atoms with Crippen molar-refractivity contribution in [3.8, 4) is 5.75 Å². The van der Waals surface area contributed by atoms with E-state index in [4.69, 9.17) is 16.3 Å². The third-order valence-corrected chi connectivity index (χ3v) is 5.30. The van der Waals surface area contributed by atoms with Crippen molar-refractivity contribution in [3.05, 3.63) is 64.7 Å². The topological polar surface area (TPSA) is 58.6 Å². The lowest BCUT2D eigenvalue weighted by Crippen LogP contribution is -2.48. The second kappa shape index (κ2) is 11.6. The number of rotatable bonds is 10. The molecule has 0 aliphatic rings. The van der Waals surface area contributed by atoms with Crippen LogP contribution in [0.1, 0.15) is 38.3 Å². The van der Waals surface area contributed by atoms with Gasteiger partial charge in [0.05, 0.1) is 7.11 Å². The molecule has 6 heteroatoms. The van der Waals surface area contributed by atoms with Crippen LogP contribution in [0.3, 0.4) is 0 Å². The van der Waals surface area contributed by atoms with Crippen LogP contribution in [-0.2, 0) is 22.6 Å². The molecule has 0 heterocycles. The Morgan fingerprint density at radius 1 is 1.07 bits per heavy atom. The Bertz CT molecular complexity index is 837. The van der Waals surface area contributed by atoms with E-state index in [1.807, 2.05) is 62.4 Å². The van der Waals surface area contributed by atoms with Gasteiger partial charge in [0, 0.05) is 24.5 Å². The summed E-state index contributed by atoms with van der Waals surface area (Å²) in [5.74, 6) is 0.853. The molecule has 0 radical (unpaired) electrons. The first-order chi connectivity index (χ1) is 14.3. The molecule has 2 aromatic carbocycles. The zero-order chi connectivity index (χ0) is 22.1. The molecule has 0 aromatic heterocycles. The van der Waals surface area contributed by atoms with Gasteiger partial charge in [0.2, 0.25) is 11.8 Å². The predicted molar refractivity (Wildman–Crippen MR) is 121 cm³/mol. The number of halogens is 1. The minimum atomic E-state index is -0.579. The maximum Gasteiger partial charge on any atom is 0.242 e. The molecule has 5 nitrogen and oxygen atoms in total. The zero-order valence-electron chi connectivity index (χ0n) is 18.2. The molecule has 0 saturated heterocycles. The lowest BCUT2D eigenvalue weighted by Gasteiger charge is -2.29. The first-order valence-electron chi connectivity index (χ1n) is 10.2. The fraction of sp³-hybridized carbons (Fsp3) is 0.417. The van der Waals surface area contributed by atoms with Crippen LogP contribution in [0.2, 0.25) is 5.02 Å². The average Bonchev–Trinajstić information content (AvgIpc) is 2.74. The molecular weight excluding hydrogens is 400 g/mol. The molecule has 1 N–H and O–H groups in total. The molecule has 0 bridgehead atoms. The van der Waals surface area contributed by atoms with Crippen molar-refractivity contribution in [1.82, 2.24) is 10.2 Å². The highest BCUT2D eigenvalue weighted by Crippen LogP contribution is 2.19. The Kier molecular flexibility index (Phi) is 9.18. The molecule has 2 aromatic rings. The minimum absolute atomic E-state index is 0.0852. The number of carbonyl (C=O) groups excluding carboxylic acids is 2. The smallest absolute Gasteiger partial charge is 0.242 e. The molecule has 0 unspecified atom stereocenters. The molecular formula is C24H31ClN2O3. The number of amides is 2. The highest BCUT2D eigenvalue weighted by atomic mass is 35.5. The second-order valence-electron chi connectivity index (χ2n) is 7.78. The number of nitrogens with zero attached hydrogens (tertiary/aromatic N) is 1. The van der Waals surface area contributed by atoms with Crippen molar-refractivity contribution in [3.63, 3.8) is 0 Å². The summed E-state index contributed by atoms with van der Waals surface area (Å²) in [6, 6.07) is 14.5. The van der Waals surface area contributed by atoms with E-state index in [0.29, 0.717) is 30.5 Å². The predicted octanol–water partition coefficient (Wildman–Crippen LogP) is 4.47. The summed E-state index contributed by atoms with van der Waals surface area (Å²) >= 11 is 6.23. The molecule has 0 saturated carbocycles. The summed E-state index contributed by atoms with van der Waals surface area (Å²) in [5.41, 5.74) is 1.86. The Morgan fingerprint density at radius 2 is 1.73 bits per heavy atom.